The molecule has 2 N–H and O–H groups in total. The smallest absolute Gasteiger partial charge is 0.254 e. The van der Waals surface area contributed by atoms with Crippen LogP contribution in [0.2, 0.25) is 0 Å². The van der Waals surface area contributed by atoms with Gasteiger partial charge in [-0.1, -0.05) is 42.5 Å². The van der Waals surface area contributed by atoms with E-state index >= 15 is 0 Å². The topological polar surface area (TPSA) is 71.5 Å². The zero-order chi connectivity index (χ0) is 19.4. The predicted octanol–water partition coefficient (Wildman–Crippen LogP) is 3.79. The molecule has 0 fully saturated rings. The number of likely N-dealkylation sites (N-methyl/N-ethyl adjacent to an activating group) is 1. The first-order chi connectivity index (χ1) is 13.0. The van der Waals surface area contributed by atoms with Gasteiger partial charge in [-0.3, -0.25) is 4.79 Å². The molecular weight excluding hydrogens is 360 g/mol. The molecule has 0 aliphatic heterocycles. The number of carbonyl (C=O) groups is 1. The highest BCUT2D eigenvalue weighted by Crippen LogP contribution is 2.33. The van der Waals surface area contributed by atoms with Crippen LogP contribution in [-0.2, 0) is 11.4 Å². The van der Waals surface area contributed by atoms with E-state index in [-0.39, 0.29) is 6.61 Å². The monoisotopic (exact) mass is 382 g/mol. The Morgan fingerprint density at radius 2 is 1.96 bits per heavy atom. The summed E-state index contributed by atoms with van der Waals surface area (Å²) in [5.74, 6) is 0.302. The van der Waals surface area contributed by atoms with Crippen molar-refractivity contribution in [2.45, 2.75) is 26.6 Å². The van der Waals surface area contributed by atoms with Gasteiger partial charge in [0.05, 0.1) is 10.6 Å². The van der Waals surface area contributed by atoms with E-state index < -0.39 is 12.0 Å². The van der Waals surface area contributed by atoms with E-state index in [1.54, 1.807) is 0 Å². The van der Waals surface area contributed by atoms with E-state index in [4.69, 9.17) is 4.74 Å². The number of thiazole rings is 1. The number of aliphatic hydroxyl groups excluding tert-OH is 1. The molecule has 0 aliphatic rings. The Kier molecular flexibility index (Phi) is 5.88. The number of carbonyl (C=O) groups excluding carboxylic acids is 1. The van der Waals surface area contributed by atoms with Crippen LogP contribution in [0.1, 0.15) is 27.8 Å². The number of rotatable bonds is 6. The molecule has 2 aromatic carbocycles. The Morgan fingerprint density at radius 3 is 2.67 bits per heavy atom. The number of aliphatic hydroxyl groups is 1. The fraction of sp³-hybridized carbons (Fsp3) is 0.238. The van der Waals surface area contributed by atoms with Gasteiger partial charge in [-0.05, 0) is 31.0 Å². The minimum atomic E-state index is -1.28. The standard InChI is InChI=1S/C21H22N2O3S/c1-13-9-10-14(2)17(11-13)26-12-16-19(18(24)20(25)22-3)27-21(23-16)15-7-5-4-6-8-15/h4-11,18,24H,12H2,1-3H3,(H,22,25). The van der Waals surface area contributed by atoms with Gasteiger partial charge >= 0.3 is 0 Å². The third kappa shape index (κ3) is 4.35. The van der Waals surface area contributed by atoms with Gasteiger partial charge in [0.2, 0.25) is 0 Å². The van der Waals surface area contributed by atoms with Crippen LogP contribution in [0.4, 0.5) is 0 Å². The Bertz CT molecular complexity index is 938. The van der Waals surface area contributed by atoms with Crippen molar-refractivity contribution < 1.29 is 14.6 Å². The van der Waals surface area contributed by atoms with Crippen molar-refractivity contribution in [1.29, 1.82) is 0 Å². The molecule has 5 nitrogen and oxygen atoms in total. The summed E-state index contributed by atoms with van der Waals surface area (Å²) in [6.45, 7) is 4.16. The van der Waals surface area contributed by atoms with Crippen molar-refractivity contribution in [1.82, 2.24) is 10.3 Å². The summed E-state index contributed by atoms with van der Waals surface area (Å²) in [7, 11) is 1.50. The molecule has 1 heterocycles. The van der Waals surface area contributed by atoms with Gasteiger partial charge in [-0.25, -0.2) is 4.98 Å². The average molecular weight is 382 g/mol. The summed E-state index contributed by atoms with van der Waals surface area (Å²) in [5, 5.41) is 13.7. The second-order valence-electron chi connectivity index (χ2n) is 6.27. The Morgan fingerprint density at radius 1 is 1.22 bits per heavy atom. The van der Waals surface area contributed by atoms with E-state index in [1.807, 2.05) is 62.4 Å². The zero-order valence-electron chi connectivity index (χ0n) is 15.5. The molecule has 0 radical (unpaired) electrons. The van der Waals surface area contributed by atoms with Crippen molar-refractivity contribution in [3.8, 4) is 16.3 Å². The van der Waals surface area contributed by atoms with E-state index in [9.17, 15) is 9.90 Å². The molecule has 6 heteroatoms. The summed E-state index contributed by atoms with van der Waals surface area (Å²) in [6, 6.07) is 15.7. The van der Waals surface area contributed by atoms with Crippen molar-refractivity contribution in [3.63, 3.8) is 0 Å². The molecule has 0 spiro atoms. The summed E-state index contributed by atoms with van der Waals surface area (Å²) >= 11 is 1.30. The molecule has 0 saturated carbocycles. The Balaban J connectivity index is 1.93. The van der Waals surface area contributed by atoms with Gasteiger partial charge in [-0.15, -0.1) is 11.3 Å². The molecule has 27 heavy (non-hydrogen) atoms. The van der Waals surface area contributed by atoms with Crippen molar-refractivity contribution in [2.24, 2.45) is 0 Å². The number of nitrogens with one attached hydrogen (secondary N) is 1. The third-order valence-electron chi connectivity index (χ3n) is 4.20. The van der Waals surface area contributed by atoms with E-state index in [0.717, 1.165) is 27.4 Å². The largest absolute Gasteiger partial charge is 0.487 e. The zero-order valence-corrected chi connectivity index (χ0v) is 16.3. The lowest BCUT2D eigenvalue weighted by Crippen LogP contribution is -2.25. The number of hydrogen-bond acceptors (Lipinski definition) is 5. The lowest BCUT2D eigenvalue weighted by atomic mass is 10.1. The van der Waals surface area contributed by atoms with Gasteiger partial charge in [0.25, 0.3) is 5.91 Å². The number of ether oxygens (including phenoxy) is 1. The average Bonchev–Trinajstić information content (AvgIpc) is 3.12. The van der Waals surface area contributed by atoms with Crippen LogP contribution < -0.4 is 10.1 Å². The maximum atomic E-state index is 12.0. The van der Waals surface area contributed by atoms with Crippen LogP contribution in [0.5, 0.6) is 5.75 Å². The third-order valence-corrected chi connectivity index (χ3v) is 5.40. The van der Waals surface area contributed by atoms with Gasteiger partial charge < -0.3 is 15.2 Å². The van der Waals surface area contributed by atoms with E-state index in [2.05, 4.69) is 10.3 Å². The number of aryl methyl sites for hydroxylation is 2. The fourth-order valence-electron chi connectivity index (χ4n) is 2.65. The first kappa shape index (κ1) is 19.1. The van der Waals surface area contributed by atoms with Crippen LogP contribution >= 0.6 is 11.3 Å². The highest BCUT2D eigenvalue weighted by Gasteiger charge is 2.25. The maximum Gasteiger partial charge on any atom is 0.254 e. The van der Waals surface area contributed by atoms with Gasteiger partial charge in [0.1, 0.15) is 17.4 Å². The number of aromatic nitrogens is 1. The van der Waals surface area contributed by atoms with Crippen LogP contribution in [0.3, 0.4) is 0 Å². The number of nitrogens with zero attached hydrogens (tertiary/aromatic N) is 1. The summed E-state index contributed by atoms with van der Waals surface area (Å²) in [5.41, 5.74) is 3.62. The summed E-state index contributed by atoms with van der Waals surface area (Å²) in [6.07, 6.45) is -1.28. The molecule has 1 unspecified atom stereocenters. The van der Waals surface area contributed by atoms with Gasteiger partial charge in [0.15, 0.2) is 6.10 Å². The van der Waals surface area contributed by atoms with Gasteiger partial charge in [-0.2, -0.15) is 0 Å². The van der Waals surface area contributed by atoms with E-state index in [1.165, 1.54) is 18.4 Å². The molecule has 1 atom stereocenters. The summed E-state index contributed by atoms with van der Waals surface area (Å²) < 4.78 is 5.96. The molecule has 0 aliphatic carbocycles. The fourth-order valence-corrected chi connectivity index (χ4v) is 3.71. The van der Waals surface area contributed by atoms with Crippen molar-refractivity contribution in [3.05, 3.63) is 70.2 Å². The van der Waals surface area contributed by atoms with Crippen LogP contribution in [-0.4, -0.2) is 23.0 Å². The highest BCUT2D eigenvalue weighted by molar-refractivity contribution is 7.15. The number of amides is 1. The predicted molar refractivity (Wildman–Crippen MR) is 107 cm³/mol. The molecule has 1 aromatic heterocycles. The van der Waals surface area contributed by atoms with Crippen molar-refractivity contribution >= 4 is 17.2 Å². The Labute approximate surface area is 162 Å². The first-order valence-corrected chi connectivity index (χ1v) is 9.46. The molecule has 140 valence electrons. The number of benzene rings is 2. The lowest BCUT2D eigenvalue weighted by molar-refractivity contribution is -0.129. The minimum absolute atomic E-state index is 0.178. The Hall–Kier alpha value is -2.70. The highest BCUT2D eigenvalue weighted by atomic mass is 32.1. The molecular formula is C21H22N2O3S. The molecule has 1 amide bonds. The molecule has 3 rings (SSSR count). The molecule has 0 saturated heterocycles. The maximum absolute atomic E-state index is 12.0. The molecule has 0 bridgehead atoms. The second kappa shape index (κ2) is 8.33. The minimum Gasteiger partial charge on any atom is -0.487 e. The first-order valence-electron chi connectivity index (χ1n) is 8.64. The summed E-state index contributed by atoms with van der Waals surface area (Å²) in [4.78, 5) is 17.1. The van der Waals surface area contributed by atoms with Crippen LogP contribution in [0.25, 0.3) is 10.6 Å². The van der Waals surface area contributed by atoms with Crippen molar-refractivity contribution in [2.75, 3.05) is 7.05 Å². The molecule has 3 aromatic rings. The van der Waals surface area contributed by atoms with Crippen LogP contribution in [0, 0.1) is 13.8 Å². The normalized spacial score (nSPS) is 11.9. The second-order valence-corrected chi connectivity index (χ2v) is 7.30. The number of hydrogen-bond donors (Lipinski definition) is 2. The van der Waals surface area contributed by atoms with Crippen LogP contribution in [0.15, 0.2) is 48.5 Å². The quantitative estimate of drug-likeness (QED) is 0.680. The van der Waals surface area contributed by atoms with Gasteiger partial charge in [0, 0.05) is 12.6 Å². The SMILES string of the molecule is CNC(=O)C(O)c1sc(-c2ccccc2)nc1COc1cc(C)ccc1C. The van der Waals surface area contributed by atoms with E-state index in [0.29, 0.717) is 10.6 Å². The lowest BCUT2D eigenvalue weighted by Gasteiger charge is -2.12.